The number of nitrogens with zero attached hydrogens (tertiary/aromatic N) is 3. The Labute approximate surface area is 160 Å². The zero-order chi connectivity index (χ0) is 18.1. The number of aryl methyl sites for hydroxylation is 1. The molecule has 1 aliphatic rings. The molecule has 0 spiro atoms. The molecule has 1 aromatic heterocycles. The predicted molar refractivity (Wildman–Crippen MR) is 101 cm³/mol. The molecule has 2 aromatic carbocycles. The van der Waals surface area contributed by atoms with Crippen molar-refractivity contribution in [3.8, 4) is 11.4 Å². The summed E-state index contributed by atoms with van der Waals surface area (Å²) in [5.41, 5.74) is 3.23. The Morgan fingerprint density at radius 1 is 1.23 bits per heavy atom. The molecule has 3 aromatic rings. The zero-order valence-electron chi connectivity index (χ0n) is 14.4. The molecule has 1 atom stereocenters. The standard InChI is InChI=1S/C20H18BrN3O2/c1-13-3-2-4-14(9-13)11-24-12-16(10-18(24)25)20-22-19(23-26-20)15-5-7-17(21)8-6-15/h2-9,16H,10-12H2,1H3. The van der Waals surface area contributed by atoms with Gasteiger partial charge in [-0.15, -0.1) is 0 Å². The van der Waals surface area contributed by atoms with Gasteiger partial charge in [0.2, 0.25) is 17.6 Å². The minimum absolute atomic E-state index is 0.0518. The van der Waals surface area contributed by atoms with Crippen LogP contribution in [-0.2, 0) is 11.3 Å². The van der Waals surface area contributed by atoms with E-state index < -0.39 is 0 Å². The second-order valence-corrected chi connectivity index (χ2v) is 7.54. The molecule has 0 radical (unpaired) electrons. The van der Waals surface area contributed by atoms with Gasteiger partial charge in [-0.25, -0.2) is 0 Å². The molecule has 1 saturated heterocycles. The van der Waals surface area contributed by atoms with Crippen molar-refractivity contribution in [3.63, 3.8) is 0 Å². The summed E-state index contributed by atoms with van der Waals surface area (Å²) in [6.45, 7) is 3.28. The molecule has 0 bridgehead atoms. The number of hydrogen-bond donors (Lipinski definition) is 0. The largest absolute Gasteiger partial charge is 0.339 e. The second-order valence-electron chi connectivity index (χ2n) is 6.63. The van der Waals surface area contributed by atoms with Crippen molar-refractivity contribution < 1.29 is 9.32 Å². The Balaban J connectivity index is 1.48. The summed E-state index contributed by atoms with van der Waals surface area (Å²) in [4.78, 5) is 18.8. The number of rotatable bonds is 4. The average Bonchev–Trinajstić information content (AvgIpc) is 3.23. The van der Waals surface area contributed by atoms with Gasteiger partial charge in [0.15, 0.2) is 0 Å². The lowest BCUT2D eigenvalue weighted by Gasteiger charge is -2.16. The van der Waals surface area contributed by atoms with Crippen LogP contribution in [0.25, 0.3) is 11.4 Å². The van der Waals surface area contributed by atoms with Gasteiger partial charge in [0.25, 0.3) is 0 Å². The van der Waals surface area contributed by atoms with Crippen LogP contribution in [-0.4, -0.2) is 27.5 Å². The fraction of sp³-hybridized carbons (Fsp3) is 0.250. The van der Waals surface area contributed by atoms with Crippen LogP contribution in [0.15, 0.2) is 57.5 Å². The summed E-state index contributed by atoms with van der Waals surface area (Å²) in [7, 11) is 0. The molecule has 0 aliphatic carbocycles. The van der Waals surface area contributed by atoms with Crippen LogP contribution in [0, 0.1) is 6.92 Å². The lowest BCUT2D eigenvalue weighted by molar-refractivity contribution is -0.128. The summed E-state index contributed by atoms with van der Waals surface area (Å²) in [5, 5.41) is 4.08. The maximum absolute atomic E-state index is 12.4. The van der Waals surface area contributed by atoms with E-state index >= 15 is 0 Å². The summed E-state index contributed by atoms with van der Waals surface area (Å²) in [5.74, 6) is 1.16. The van der Waals surface area contributed by atoms with E-state index in [-0.39, 0.29) is 11.8 Å². The highest BCUT2D eigenvalue weighted by molar-refractivity contribution is 9.10. The topological polar surface area (TPSA) is 59.2 Å². The van der Waals surface area contributed by atoms with Crippen molar-refractivity contribution in [2.24, 2.45) is 0 Å². The smallest absolute Gasteiger partial charge is 0.232 e. The van der Waals surface area contributed by atoms with Crippen molar-refractivity contribution in [1.29, 1.82) is 0 Å². The zero-order valence-corrected chi connectivity index (χ0v) is 15.9. The highest BCUT2D eigenvalue weighted by atomic mass is 79.9. The van der Waals surface area contributed by atoms with Crippen LogP contribution >= 0.6 is 15.9 Å². The maximum atomic E-state index is 12.4. The van der Waals surface area contributed by atoms with Gasteiger partial charge in [-0.3, -0.25) is 4.79 Å². The molecule has 1 unspecified atom stereocenters. The first-order chi connectivity index (χ1) is 12.6. The van der Waals surface area contributed by atoms with Crippen LogP contribution in [0.2, 0.25) is 0 Å². The van der Waals surface area contributed by atoms with Gasteiger partial charge in [0.05, 0.1) is 5.92 Å². The van der Waals surface area contributed by atoms with E-state index in [1.807, 2.05) is 41.3 Å². The Morgan fingerprint density at radius 3 is 2.81 bits per heavy atom. The molecule has 5 nitrogen and oxygen atoms in total. The summed E-state index contributed by atoms with van der Waals surface area (Å²) >= 11 is 3.41. The average molecular weight is 412 g/mol. The molecule has 4 rings (SSSR count). The molecule has 1 aliphatic heterocycles. The predicted octanol–water partition coefficient (Wildman–Crippen LogP) is 4.32. The number of carbonyl (C=O) groups excluding carboxylic acids is 1. The van der Waals surface area contributed by atoms with E-state index in [1.165, 1.54) is 5.56 Å². The first-order valence-electron chi connectivity index (χ1n) is 8.51. The summed E-state index contributed by atoms with van der Waals surface area (Å²) < 4.78 is 6.45. The van der Waals surface area contributed by atoms with Crippen LogP contribution in [0.3, 0.4) is 0 Å². The highest BCUT2D eigenvalue weighted by Crippen LogP contribution is 2.30. The van der Waals surface area contributed by atoms with Crippen molar-refractivity contribution >= 4 is 21.8 Å². The van der Waals surface area contributed by atoms with Crippen LogP contribution in [0.5, 0.6) is 0 Å². The molecular weight excluding hydrogens is 394 g/mol. The normalized spacial score (nSPS) is 17.1. The van der Waals surface area contributed by atoms with Gasteiger partial charge in [0, 0.05) is 29.5 Å². The molecule has 26 heavy (non-hydrogen) atoms. The fourth-order valence-corrected chi connectivity index (χ4v) is 3.50. The minimum Gasteiger partial charge on any atom is -0.339 e. The Kier molecular flexibility index (Phi) is 4.59. The van der Waals surface area contributed by atoms with Gasteiger partial charge < -0.3 is 9.42 Å². The van der Waals surface area contributed by atoms with E-state index in [0.717, 1.165) is 15.6 Å². The third kappa shape index (κ3) is 3.55. The third-order valence-corrected chi connectivity index (χ3v) is 5.09. The number of hydrogen-bond acceptors (Lipinski definition) is 4. The first kappa shape index (κ1) is 17.0. The highest BCUT2D eigenvalue weighted by Gasteiger charge is 2.34. The number of aromatic nitrogens is 2. The molecule has 1 fully saturated rings. The second kappa shape index (κ2) is 7.03. The minimum atomic E-state index is -0.0518. The van der Waals surface area contributed by atoms with Crippen LogP contribution in [0.4, 0.5) is 0 Å². The Morgan fingerprint density at radius 2 is 2.04 bits per heavy atom. The third-order valence-electron chi connectivity index (χ3n) is 4.56. The summed E-state index contributed by atoms with van der Waals surface area (Å²) in [6, 6.07) is 16.0. The number of likely N-dealkylation sites (tertiary alicyclic amines) is 1. The van der Waals surface area contributed by atoms with Gasteiger partial charge in [0.1, 0.15) is 0 Å². The molecule has 6 heteroatoms. The molecule has 2 heterocycles. The lowest BCUT2D eigenvalue weighted by Crippen LogP contribution is -2.24. The molecule has 0 saturated carbocycles. The first-order valence-corrected chi connectivity index (χ1v) is 9.30. The monoisotopic (exact) mass is 411 g/mol. The van der Waals surface area contributed by atoms with E-state index in [4.69, 9.17) is 4.52 Å². The van der Waals surface area contributed by atoms with Gasteiger partial charge in [-0.2, -0.15) is 4.98 Å². The molecular formula is C20H18BrN3O2. The van der Waals surface area contributed by atoms with E-state index in [1.54, 1.807) is 0 Å². The van der Waals surface area contributed by atoms with Crippen molar-refractivity contribution in [2.45, 2.75) is 25.8 Å². The number of carbonyl (C=O) groups is 1. The van der Waals surface area contributed by atoms with Crippen molar-refractivity contribution in [3.05, 3.63) is 70.0 Å². The van der Waals surface area contributed by atoms with Crippen molar-refractivity contribution in [2.75, 3.05) is 6.54 Å². The van der Waals surface area contributed by atoms with Gasteiger partial charge in [-0.1, -0.05) is 50.9 Å². The maximum Gasteiger partial charge on any atom is 0.232 e. The van der Waals surface area contributed by atoms with Crippen molar-refractivity contribution in [1.82, 2.24) is 15.0 Å². The number of amides is 1. The molecule has 132 valence electrons. The van der Waals surface area contributed by atoms with E-state index in [0.29, 0.717) is 31.2 Å². The number of halogens is 1. The van der Waals surface area contributed by atoms with Gasteiger partial charge in [-0.05, 0) is 36.8 Å². The lowest BCUT2D eigenvalue weighted by atomic mass is 10.1. The van der Waals surface area contributed by atoms with Crippen LogP contribution in [0.1, 0.15) is 29.4 Å². The quantitative estimate of drug-likeness (QED) is 0.640. The molecule has 1 amide bonds. The fourth-order valence-electron chi connectivity index (χ4n) is 3.24. The van der Waals surface area contributed by atoms with Gasteiger partial charge >= 0.3 is 0 Å². The van der Waals surface area contributed by atoms with Crippen LogP contribution < -0.4 is 0 Å². The Bertz CT molecular complexity index is 936. The van der Waals surface area contributed by atoms with E-state index in [2.05, 4.69) is 45.1 Å². The number of benzene rings is 2. The van der Waals surface area contributed by atoms with E-state index in [9.17, 15) is 4.79 Å². The SMILES string of the molecule is Cc1cccc(CN2CC(c3nc(-c4ccc(Br)cc4)no3)CC2=O)c1. The summed E-state index contributed by atoms with van der Waals surface area (Å²) in [6.07, 6.45) is 0.411. The Hall–Kier alpha value is -2.47. The molecule has 0 N–H and O–H groups in total.